The number of thioether (sulfide) groups is 1. The molecule has 0 amide bonds. The molecule has 3 aliphatic rings. The molecule has 0 atom stereocenters. The van der Waals surface area contributed by atoms with Crippen LogP contribution in [0.3, 0.4) is 0 Å². The van der Waals surface area contributed by atoms with E-state index >= 15 is 0 Å². The van der Waals surface area contributed by atoms with Crippen LogP contribution in [0.25, 0.3) is 5.70 Å². The monoisotopic (exact) mass is 446 g/mol. The average Bonchev–Trinajstić information content (AvgIpc) is 3.23. The lowest BCUT2D eigenvalue weighted by atomic mass is 10.1. The highest BCUT2D eigenvalue weighted by molar-refractivity contribution is 8.03. The summed E-state index contributed by atoms with van der Waals surface area (Å²) in [7, 11) is -1.22. The molecule has 0 saturated carbocycles. The Bertz CT molecular complexity index is 957. The van der Waals surface area contributed by atoms with Gasteiger partial charge in [0.1, 0.15) is 15.6 Å². The van der Waals surface area contributed by atoms with Gasteiger partial charge in [0.15, 0.2) is 0 Å². The number of nitrogens with zero attached hydrogens (tertiary/aromatic N) is 2. The molecule has 0 spiro atoms. The number of hydrogen-bond acceptors (Lipinski definition) is 6. The van der Waals surface area contributed by atoms with E-state index in [0.717, 1.165) is 56.9 Å². The summed E-state index contributed by atoms with van der Waals surface area (Å²) in [4.78, 5) is 6.21. The average molecular weight is 447 g/mol. The Hall–Kier alpha value is -1.70. The molecule has 4 rings (SSSR count). The first-order chi connectivity index (χ1) is 14.5. The number of allylic oxidation sites excluding steroid dienone is 2. The second-order valence-electron chi connectivity index (χ2n) is 8.09. The Kier molecular flexibility index (Phi) is 6.60. The van der Waals surface area contributed by atoms with Gasteiger partial charge >= 0.3 is 0 Å². The first-order valence-electron chi connectivity index (χ1n) is 10.5. The molecule has 0 bridgehead atoms. The van der Waals surface area contributed by atoms with Crippen molar-refractivity contribution in [2.75, 3.05) is 45.3 Å². The molecule has 162 valence electrons. The number of benzene rings is 1. The van der Waals surface area contributed by atoms with Crippen LogP contribution in [-0.2, 0) is 9.84 Å². The van der Waals surface area contributed by atoms with Crippen molar-refractivity contribution in [3.63, 3.8) is 0 Å². The largest absolute Gasteiger partial charge is 0.497 e. The summed E-state index contributed by atoms with van der Waals surface area (Å²) in [5.41, 5.74) is 3.74. The van der Waals surface area contributed by atoms with E-state index in [0.29, 0.717) is 0 Å². The van der Waals surface area contributed by atoms with Crippen LogP contribution >= 0.6 is 11.8 Å². The molecule has 1 fully saturated rings. The maximum Gasteiger partial charge on any atom is 0.150 e. The van der Waals surface area contributed by atoms with E-state index in [9.17, 15) is 8.42 Å². The fraction of sp³-hybridized carbons (Fsp3) is 0.478. The Labute approximate surface area is 184 Å². The Morgan fingerprint density at radius 3 is 2.47 bits per heavy atom. The van der Waals surface area contributed by atoms with Crippen molar-refractivity contribution >= 4 is 27.3 Å². The summed E-state index contributed by atoms with van der Waals surface area (Å²) in [6, 6.07) is 8.26. The number of rotatable bonds is 7. The minimum atomic E-state index is -2.91. The van der Waals surface area contributed by atoms with Crippen molar-refractivity contribution in [2.45, 2.75) is 24.5 Å². The molecule has 3 aliphatic heterocycles. The number of ether oxygens (including phenoxy) is 1. The maximum atomic E-state index is 11.8. The van der Waals surface area contributed by atoms with Gasteiger partial charge in [-0.05, 0) is 87.0 Å². The summed E-state index contributed by atoms with van der Waals surface area (Å²) < 4.78 is 28.9. The van der Waals surface area contributed by atoms with Gasteiger partial charge in [0, 0.05) is 29.2 Å². The topological polar surface area (TPSA) is 49.9 Å². The quantitative estimate of drug-likeness (QED) is 0.636. The van der Waals surface area contributed by atoms with Gasteiger partial charge in [0.25, 0.3) is 0 Å². The highest BCUT2D eigenvalue weighted by Gasteiger charge is 2.28. The molecule has 5 nitrogen and oxygen atoms in total. The lowest BCUT2D eigenvalue weighted by molar-refractivity contribution is 0.222. The van der Waals surface area contributed by atoms with Gasteiger partial charge in [-0.1, -0.05) is 0 Å². The SMILES string of the molecule is COc1ccc(C2=CC=C3SCC=C3N2CCCN2CCC(S(C)(=O)=O)CC2)cc1. The van der Waals surface area contributed by atoms with E-state index < -0.39 is 9.84 Å². The minimum Gasteiger partial charge on any atom is -0.497 e. The predicted molar refractivity (Wildman–Crippen MR) is 125 cm³/mol. The van der Waals surface area contributed by atoms with E-state index in [-0.39, 0.29) is 5.25 Å². The second-order valence-corrected chi connectivity index (χ2v) is 11.5. The molecule has 30 heavy (non-hydrogen) atoms. The van der Waals surface area contributed by atoms with Crippen LogP contribution in [0, 0.1) is 0 Å². The van der Waals surface area contributed by atoms with Crippen molar-refractivity contribution in [3.05, 3.63) is 58.7 Å². The third-order valence-corrected chi connectivity index (χ3v) is 8.80. The van der Waals surface area contributed by atoms with E-state index in [2.05, 4.69) is 40.2 Å². The van der Waals surface area contributed by atoms with Crippen LogP contribution in [0.5, 0.6) is 5.75 Å². The number of sulfone groups is 1. The summed E-state index contributed by atoms with van der Waals surface area (Å²) in [5.74, 6) is 1.89. The lowest BCUT2D eigenvalue weighted by Crippen LogP contribution is -2.40. The molecule has 1 aromatic carbocycles. The van der Waals surface area contributed by atoms with Crippen molar-refractivity contribution in [1.82, 2.24) is 9.80 Å². The standard InChI is InChI=1S/C23H30N2O3S2/c1-28-19-6-4-18(5-7-19)21-8-9-23-22(12-17-29-23)25(21)14-3-13-24-15-10-20(11-16-24)30(2,26)27/h4-9,12,20H,3,10-11,13-17H2,1-2H3. The molecular weight excluding hydrogens is 416 g/mol. The third-order valence-electron chi connectivity index (χ3n) is 6.12. The second kappa shape index (κ2) is 9.20. The molecular formula is C23H30N2O3S2. The van der Waals surface area contributed by atoms with Gasteiger partial charge in [-0.2, -0.15) is 0 Å². The summed E-state index contributed by atoms with van der Waals surface area (Å²) >= 11 is 1.89. The van der Waals surface area contributed by atoms with Crippen molar-refractivity contribution in [1.29, 1.82) is 0 Å². The minimum absolute atomic E-state index is 0.159. The van der Waals surface area contributed by atoms with Crippen molar-refractivity contribution < 1.29 is 13.2 Å². The summed E-state index contributed by atoms with van der Waals surface area (Å²) in [6.45, 7) is 3.71. The number of piperidine rings is 1. The van der Waals surface area contributed by atoms with Crippen LogP contribution in [0.15, 0.2) is 53.1 Å². The Morgan fingerprint density at radius 1 is 1.07 bits per heavy atom. The number of hydrogen-bond donors (Lipinski definition) is 0. The fourth-order valence-corrected chi connectivity index (χ4v) is 6.40. The van der Waals surface area contributed by atoms with Gasteiger partial charge in [0.05, 0.1) is 18.1 Å². The van der Waals surface area contributed by atoms with Crippen LogP contribution in [0.1, 0.15) is 24.8 Å². The van der Waals surface area contributed by atoms with E-state index in [1.54, 1.807) is 7.11 Å². The summed E-state index contributed by atoms with van der Waals surface area (Å²) in [6.07, 6.45) is 10.7. The zero-order chi connectivity index (χ0) is 21.1. The first-order valence-corrected chi connectivity index (χ1v) is 13.5. The highest BCUT2D eigenvalue weighted by Crippen LogP contribution is 2.41. The normalized spacial score (nSPS) is 20.5. The molecule has 1 saturated heterocycles. The Balaban J connectivity index is 1.40. The van der Waals surface area contributed by atoms with Gasteiger partial charge in [-0.15, -0.1) is 11.8 Å². The van der Waals surface area contributed by atoms with Crippen LogP contribution < -0.4 is 4.74 Å². The lowest BCUT2D eigenvalue weighted by Gasteiger charge is -2.34. The maximum absolute atomic E-state index is 11.8. The molecule has 0 aliphatic carbocycles. The van der Waals surface area contributed by atoms with Crippen LogP contribution in [0.2, 0.25) is 0 Å². The zero-order valence-corrected chi connectivity index (χ0v) is 19.3. The molecule has 0 radical (unpaired) electrons. The first kappa shape index (κ1) is 21.5. The predicted octanol–water partition coefficient (Wildman–Crippen LogP) is 3.77. The van der Waals surface area contributed by atoms with E-state index in [1.165, 1.54) is 28.1 Å². The van der Waals surface area contributed by atoms with Gasteiger partial charge in [-0.3, -0.25) is 0 Å². The molecule has 0 unspecified atom stereocenters. The van der Waals surface area contributed by atoms with Crippen molar-refractivity contribution in [3.8, 4) is 5.75 Å². The number of fused-ring (bicyclic) bond motifs is 1. The molecule has 1 aromatic rings. The smallest absolute Gasteiger partial charge is 0.150 e. The summed E-state index contributed by atoms with van der Waals surface area (Å²) in [5, 5.41) is -0.159. The van der Waals surface area contributed by atoms with Gasteiger partial charge < -0.3 is 14.5 Å². The van der Waals surface area contributed by atoms with Crippen molar-refractivity contribution in [2.24, 2.45) is 0 Å². The molecule has 7 heteroatoms. The highest BCUT2D eigenvalue weighted by atomic mass is 32.2. The van der Waals surface area contributed by atoms with Crippen LogP contribution in [0.4, 0.5) is 0 Å². The van der Waals surface area contributed by atoms with E-state index in [4.69, 9.17) is 4.74 Å². The molecule has 0 N–H and O–H groups in total. The zero-order valence-electron chi connectivity index (χ0n) is 17.7. The molecule has 0 aromatic heterocycles. The fourth-order valence-electron chi connectivity index (χ4n) is 4.40. The van der Waals surface area contributed by atoms with Gasteiger partial charge in [0.2, 0.25) is 0 Å². The number of methoxy groups -OCH3 is 1. The Morgan fingerprint density at radius 2 is 1.80 bits per heavy atom. The van der Waals surface area contributed by atoms with Crippen LogP contribution in [-0.4, -0.2) is 68.8 Å². The van der Waals surface area contributed by atoms with E-state index in [1.807, 2.05) is 23.9 Å². The van der Waals surface area contributed by atoms with Gasteiger partial charge in [-0.25, -0.2) is 8.42 Å². The number of likely N-dealkylation sites (tertiary alicyclic amines) is 1. The molecule has 3 heterocycles. The third kappa shape index (κ3) is 4.79.